The highest BCUT2D eigenvalue weighted by molar-refractivity contribution is 9.10. The van der Waals surface area contributed by atoms with Gasteiger partial charge in [0.25, 0.3) is 0 Å². The highest BCUT2D eigenvalue weighted by atomic mass is 79.9. The Morgan fingerprint density at radius 1 is 1.00 bits per heavy atom. The van der Waals surface area contributed by atoms with Gasteiger partial charge in [-0.05, 0) is 41.5 Å². The zero-order valence-electron chi connectivity index (χ0n) is 9.89. The maximum Gasteiger partial charge on any atom is 0.159 e. The van der Waals surface area contributed by atoms with E-state index in [1.165, 1.54) is 6.07 Å². The fourth-order valence-electron chi connectivity index (χ4n) is 1.67. The Kier molecular flexibility index (Phi) is 4.91. The fourth-order valence-corrected chi connectivity index (χ4v) is 2.26. The molecule has 0 bridgehead atoms. The average Bonchev–Trinajstić information content (AvgIpc) is 2.38. The summed E-state index contributed by atoms with van der Waals surface area (Å²) in [6.45, 7) is 0.997. The molecule has 0 aromatic heterocycles. The first kappa shape index (κ1) is 14.4. The predicted octanol–water partition coefficient (Wildman–Crippen LogP) is 4.67. The molecule has 100 valence electrons. The minimum atomic E-state index is -0.834. The first-order valence-electron chi connectivity index (χ1n) is 5.65. The average molecular weight is 347 g/mol. The SMILES string of the molecule is Fc1ccc(CNCc2cc(Br)ccc2Cl)cc1F. The lowest BCUT2D eigenvalue weighted by molar-refractivity contribution is 0.506. The number of hydrogen-bond acceptors (Lipinski definition) is 1. The Morgan fingerprint density at radius 3 is 2.53 bits per heavy atom. The Bertz CT molecular complexity index is 590. The van der Waals surface area contributed by atoms with E-state index in [0.717, 1.165) is 16.1 Å². The van der Waals surface area contributed by atoms with Gasteiger partial charge in [-0.1, -0.05) is 33.6 Å². The van der Waals surface area contributed by atoms with Crippen LogP contribution in [0.15, 0.2) is 40.9 Å². The Labute approximate surface area is 123 Å². The van der Waals surface area contributed by atoms with Crippen LogP contribution < -0.4 is 5.32 Å². The lowest BCUT2D eigenvalue weighted by Gasteiger charge is -2.08. The Morgan fingerprint density at radius 2 is 1.79 bits per heavy atom. The van der Waals surface area contributed by atoms with Gasteiger partial charge >= 0.3 is 0 Å². The van der Waals surface area contributed by atoms with Crippen LogP contribution in [0.1, 0.15) is 11.1 Å². The largest absolute Gasteiger partial charge is 0.309 e. The summed E-state index contributed by atoms with van der Waals surface area (Å²) < 4.78 is 26.7. The highest BCUT2D eigenvalue weighted by Crippen LogP contribution is 2.20. The summed E-state index contributed by atoms with van der Waals surface area (Å²) in [5, 5.41) is 3.81. The van der Waals surface area contributed by atoms with Gasteiger partial charge < -0.3 is 5.32 Å². The lowest BCUT2D eigenvalue weighted by Crippen LogP contribution is -2.13. The molecule has 0 fully saturated rings. The summed E-state index contributed by atoms with van der Waals surface area (Å²) in [6, 6.07) is 9.44. The summed E-state index contributed by atoms with van der Waals surface area (Å²) in [4.78, 5) is 0. The summed E-state index contributed by atoms with van der Waals surface area (Å²) in [5.41, 5.74) is 1.63. The van der Waals surface area contributed by atoms with Crippen molar-refractivity contribution in [1.82, 2.24) is 5.32 Å². The molecule has 0 radical (unpaired) electrons. The summed E-state index contributed by atoms with van der Waals surface area (Å²) >= 11 is 9.43. The summed E-state index contributed by atoms with van der Waals surface area (Å²) in [6.07, 6.45) is 0. The van der Waals surface area contributed by atoms with E-state index < -0.39 is 11.6 Å². The van der Waals surface area contributed by atoms with Crippen molar-refractivity contribution < 1.29 is 8.78 Å². The quantitative estimate of drug-likeness (QED) is 0.848. The molecule has 2 aromatic carbocycles. The van der Waals surface area contributed by atoms with Crippen molar-refractivity contribution in [3.63, 3.8) is 0 Å². The van der Waals surface area contributed by atoms with Crippen molar-refractivity contribution in [2.24, 2.45) is 0 Å². The van der Waals surface area contributed by atoms with Gasteiger partial charge in [-0.25, -0.2) is 8.78 Å². The highest BCUT2D eigenvalue weighted by Gasteiger charge is 2.04. The second kappa shape index (κ2) is 6.46. The van der Waals surface area contributed by atoms with Gasteiger partial charge in [-0.15, -0.1) is 0 Å². The topological polar surface area (TPSA) is 12.0 Å². The molecule has 0 heterocycles. The monoisotopic (exact) mass is 345 g/mol. The molecule has 0 spiro atoms. The third kappa shape index (κ3) is 4.00. The van der Waals surface area contributed by atoms with E-state index in [-0.39, 0.29) is 0 Å². The van der Waals surface area contributed by atoms with E-state index in [1.54, 1.807) is 12.1 Å². The smallest absolute Gasteiger partial charge is 0.159 e. The van der Waals surface area contributed by atoms with Crippen molar-refractivity contribution in [3.05, 3.63) is 68.7 Å². The first-order chi connectivity index (χ1) is 9.06. The van der Waals surface area contributed by atoms with Gasteiger partial charge in [0.2, 0.25) is 0 Å². The molecule has 2 rings (SSSR count). The van der Waals surface area contributed by atoms with E-state index in [4.69, 9.17) is 11.6 Å². The van der Waals surface area contributed by atoms with Crippen LogP contribution >= 0.6 is 27.5 Å². The molecule has 0 aliphatic rings. The van der Waals surface area contributed by atoms with Gasteiger partial charge in [0.05, 0.1) is 0 Å². The van der Waals surface area contributed by atoms with Crippen LogP contribution in [0.2, 0.25) is 5.02 Å². The Balaban J connectivity index is 1.96. The maximum atomic E-state index is 13.0. The second-order valence-corrected chi connectivity index (χ2v) is 5.41. The van der Waals surface area contributed by atoms with Gasteiger partial charge in [0, 0.05) is 22.6 Å². The molecule has 19 heavy (non-hydrogen) atoms. The predicted molar refractivity (Wildman–Crippen MR) is 76.1 cm³/mol. The maximum absolute atomic E-state index is 13.0. The fraction of sp³-hybridized carbons (Fsp3) is 0.143. The third-order valence-corrected chi connectivity index (χ3v) is 3.50. The van der Waals surface area contributed by atoms with Crippen molar-refractivity contribution in [2.45, 2.75) is 13.1 Å². The third-order valence-electron chi connectivity index (χ3n) is 2.64. The zero-order valence-corrected chi connectivity index (χ0v) is 12.2. The van der Waals surface area contributed by atoms with Gasteiger partial charge in [0.15, 0.2) is 11.6 Å². The number of halogens is 4. The van der Waals surface area contributed by atoms with Crippen LogP contribution in [0, 0.1) is 11.6 Å². The molecule has 1 nitrogen and oxygen atoms in total. The van der Waals surface area contributed by atoms with Gasteiger partial charge in [-0.3, -0.25) is 0 Å². The van der Waals surface area contributed by atoms with Gasteiger partial charge in [0.1, 0.15) is 0 Å². The molecule has 2 aromatic rings. The van der Waals surface area contributed by atoms with Crippen molar-refractivity contribution >= 4 is 27.5 Å². The number of hydrogen-bond donors (Lipinski definition) is 1. The van der Waals surface area contributed by atoms with Crippen LogP contribution in [-0.4, -0.2) is 0 Å². The summed E-state index contributed by atoms with van der Waals surface area (Å²) in [5.74, 6) is -1.67. The molecule has 0 aliphatic carbocycles. The molecule has 1 N–H and O–H groups in total. The van der Waals surface area contributed by atoms with Crippen LogP contribution in [0.4, 0.5) is 8.78 Å². The van der Waals surface area contributed by atoms with Crippen LogP contribution in [0.25, 0.3) is 0 Å². The van der Waals surface area contributed by atoms with E-state index in [1.807, 2.05) is 12.1 Å². The van der Waals surface area contributed by atoms with Crippen molar-refractivity contribution in [2.75, 3.05) is 0 Å². The molecular weight excluding hydrogens is 336 g/mol. The molecule has 0 atom stereocenters. The minimum absolute atomic E-state index is 0.444. The molecule has 0 amide bonds. The van der Waals surface area contributed by atoms with E-state index in [0.29, 0.717) is 23.7 Å². The van der Waals surface area contributed by atoms with Crippen molar-refractivity contribution in [1.29, 1.82) is 0 Å². The standard InChI is InChI=1S/C14H11BrClF2N/c15-11-2-3-12(16)10(6-11)8-19-7-9-1-4-13(17)14(18)5-9/h1-6,19H,7-8H2. The van der Waals surface area contributed by atoms with Crippen molar-refractivity contribution in [3.8, 4) is 0 Å². The van der Waals surface area contributed by atoms with Gasteiger partial charge in [-0.2, -0.15) is 0 Å². The zero-order chi connectivity index (χ0) is 13.8. The van der Waals surface area contributed by atoms with Crippen LogP contribution in [-0.2, 0) is 13.1 Å². The van der Waals surface area contributed by atoms with E-state index in [2.05, 4.69) is 21.2 Å². The molecule has 0 unspecified atom stereocenters. The molecule has 0 saturated heterocycles. The Hall–Kier alpha value is -0.970. The normalized spacial score (nSPS) is 10.7. The van der Waals surface area contributed by atoms with E-state index in [9.17, 15) is 8.78 Å². The minimum Gasteiger partial charge on any atom is -0.309 e. The molecular formula is C14H11BrClF2N. The number of benzene rings is 2. The van der Waals surface area contributed by atoms with Crippen LogP contribution in [0.3, 0.4) is 0 Å². The lowest BCUT2D eigenvalue weighted by atomic mass is 10.2. The second-order valence-electron chi connectivity index (χ2n) is 4.09. The molecule has 0 saturated carbocycles. The molecule has 5 heteroatoms. The first-order valence-corrected chi connectivity index (χ1v) is 6.82. The summed E-state index contributed by atoms with van der Waals surface area (Å²) in [7, 11) is 0. The number of rotatable bonds is 4. The van der Waals surface area contributed by atoms with Crippen LogP contribution in [0.5, 0.6) is 0 Å². The molecule has 0 aliphatic heterocycles. The number of nitrogens with one attached hydrogen (secondary N) is 1. The van der Waals surface area contributed by atoms with E-state index >= 15 is 0 Å².